The zero-order valence-corrected chi connectivity index (χ0v) is 14.9. The number of carbonyl (C=O) groups is 2. The Labute approximate surface area is 151 Å². The summed E-state index contributed by atoms with van der Waals surface area (Å²) < 4.78 is 6.47. The maximum atomic E-state index is 12.3. The number of hydrogen-bond acceptors (Lipinski definition) is 5. The molecule has 3 rings (SSSR count). The van der Waals surface area contributed by atoms with Crippen LogP contribution in [0.25, 0.3) is 10.9 Å². The third-order valence-electron chi connectivity index (χ3n) is 4.71. The summed E-state index contributed by atoms with van der Waals surface area (Å²) in [6.45, 7) is -0.264. The van der Waals surface area contributed by atoms with Gasteiger partial charge in [0.05, 0.1) is 17.3 Å². The van der Waals surface area contributed by atoms with E-state index >= 15 is 0 Å². The van der Waals surface area contributed by atoms with E-state index in [2.05, 4.69) is 10.3 Å². The first-order valence-corrected chi connectivity index (χ1v) is 8.94. The topological polar surface area (TPSA) is 90.3 Å². The van der Waals surface area contributed by atoms with Gasteiger partial charge in [-0.15, -0.1) is 0 Å². The highest BCUT2D eigenvalue weighted by molar-refractivity contribution is 5.81. The summed E-state index contributed by atoms with van der Waals surface area (Å²) in [5.41, 5.74) is 0.463. The Morgan fingerprint density at radius 3 is 2.77 bits per heavy atom. The molecule has 0 aliphatic heterocycles. The van der Waals surface area contributed by atoms with Crippen molar-refractivity contribution in [3.05, 3.63) is 40.4 Å². The number of rotatable bonds is 6. The third kappa shape index (κ3) is 4.28. The number of carbonyl (C=O) groups excluding carboxylic acids is 2. The van der Waals surface area contributed by atoms with Crippen LogP contribution in [0.5, 0.6) is 0 Å². The number of para-hydroxylation sites is 1. The first kappa shape index (κ1) is 18.1. The summed E-state index contributed by atoms with van der Waals surface area (Å²) in [6.07, 6.45) is 4.57. The molecular weight excluding hydrogens is 334 g/mol. The Balaban J connectivity index is 1.53. The van der Waals surface area contributed by atoms with Gasteiger partial charge in [-0.05, 0) is 25.0 Å². The summed E-state index contributed by atoms with van der Waals surface area (Å²) in [7, 11) is 1.64. The minimum absolute atomic E-state index is 0.0648. The predicted octanol–water partition coefficient (Wildman–Crippen LogP) is 1.47. The Bertz CT molecular complexity index is 869. The SMILES string of the molecule is Cn1c(CCC(=O)OCC(=O)NC2CCCC2)nc2ccccc2c1=O. The lowest BCUT2D eigenvalue weighted by Gasteiger charge is -2.12. The van der Waals surface area contributed by atoms with Crippen molar-refractivity contribution in [2.24, 2.45) is 7.05 Å². The number of esters is 1. The molecule has 7 heteroatoms. The molecule has 1 amide bonds. The smallest absolute Gasteiger partial charge is 0.306 e. The molecule has 0 atom stereocenters. The molecule has 1 saturated carbocycles. The maximum Gasteiger partial charge on any atom is 0.306 e. The molecule has 2 aromatic rings. The number of benzene rings is 1. The van der Waals surface area contributed by atoms with E-state index in [9.17, 15) is 14.4 Å². The average Bonchev–Trinajstić information content (AvgIpc) is 3.14. The minimum atomic E-state index is -0.478. The summed E-state index contributed by atoms with van der Waals surface area (Å²) >= 11 is 0. The number of nitrogens with zero attached hydrogens (tertiary/aromatic N) is 2. The van der Waals surface area contributed by atoms with E-state index < -0.39 is 5.97 Å². The normalized spacial score (nSPS) is 14.5. The van der Waals surface area contributed by atoms with Crippen LogP contribution in [0, 0.1) is 0 Å². The fraction of sp³-hybridized carbons (Fsp3) is 0.474. The molecule has 1 fully saturated rings. The molecule has 1 aliphatic carbocycles. The number of fused-ring (bicyclic) bond motifs is 1. The minimum Gasteiger partial charge on any atom is -0.456 e. The highest BCUT2D eigenvalue weighted by Crippen LogP contribution is 2.17. The van der Waals surface area contributed by atoms with Crippen molar-refractivity contribution >= 4 is 22.8 Å². The van der Waals surface area contributed by atoms with E-state index in [1.807, 2.05) is 6.07 Å². The van der Waals surface area contributed by atoms with Crippen molar-refractivity contribution < 1.29 is 14.3 Å². The second kappa shape index (κ2) is 8.12. The van der Waals surface area contributed by atoms with Gasteiger partial charge in [0.25, 0.3) is 11.5 Å². The Kier molecular flexibility index (Phi) is 5.65. The second-order valence-electron chi connectivity index (χ2n) is 6.62. The summed E-state index contributed by atoms with van der Waals surface area (Å²) in [5.74, 6) is -0.225. The predicted molar refractivity (Wildman–Crippen MR) is 96.7 cm³/mol. The van der Waals surface area contributed by atoms with E-state index in [0.29, 0.717) is 16.7 Å². The molecule has 0 bridgehead atoms. The summed E-state index contributed by atoms with van der Waals surface area (Å²) in [4.78, 5) is 40.5. The standard InChI is InChI=1S/C19H23N3O4/c1-22-16(21-15-9-5-4-8-14(15)19(22)25)10-11-18(24)26-12-17(23)20-13-6-2-3-7-13/h4-5,8-9,13H,2-3,6-7,10-12H2,1H3,(H,20,23). The van der Waals surface area contributed by atoms with Gasteiger partial charge in [0.15, 0.2) is 6.61 Å². The molecule has 1 aromatic carbocycles. The van der Waals surface area contributed by atoms with Gasteiger partial charge >= 0.3 is 5.97 Å². The zero-order chi connectivity index (χ0) is 18.5. The number of aryl methyl sites for hydroxylation is 1. The maximum absolute atomic E-state index is 12.3. The largest absolute Gasteiger partial charge is 0.456 e. The molecular formula is C19H23N3O4. The molecule has 1 heterocycles. The lowest BCUT2D eigenvalue weighted by atomic mass is 10.2. The highest BCUT2D eigenvalue weighted by Gasteiger charge is 2.18. The molecule has 7 nitrogen and oxygen atoms in total. The van der Waals surface area contributed by atoms with E-state index in [-0.39, 0.29) is 37.0 Å². The van der Waals surface area contributed by atoms with Crippen LogP contribution in [-0.2, 0) is 27.8 Å². The molecule has 1 N–H and O–H groups in total. The second-order valence-corrected chi connectivity index (χ2v) is 6.62. The van der Waals surface area contributed by atoms with Crippen LogP contribution < -0.4 is 10.9 Å². The van der Waals surface area contributed by atoms with Crippen molar-refractivity contribution in [3.8, 4) is 0 Å². The monoisotopic (exact) mass is 357 g/mol. The fourth-order valence-electron chi connectivity index (χ4n) is 3.26. The van der Waals surface area contributed by atoms with Crippen molar-refractivity contribution in [2.75, 3.05) is 6.61 Å². The van der Waals surface area contributed by atoms with Crippen molar-refractivity contribution in [3.63, 3.8) is 0 Å². The van der Waals surface area contributed by atoms with Gasteiger partial charge in [0.2, 0.25) is 0 Å². The highest BCUT2D eigenvalue weighted by atomic mass is 16.5. The van der Waals surface area contributed by atoms with Crippen LogP contribution in [0.2, 0.25) is 0 Å². The van der Waals surface area contributed by atoms with E-state index in [0.717, 1.165) is 25.7 Å². The van der Waals surface area contributed by atoms with Crippen LogP contribution in [0.15, 0.2) is 29.1 Å². The number of hydrogen-bond donors (Lipinski definition) is 1. The molecule has 1 aromatic heterocycles. The first-order valence-electron chi connectivity index (χ1n) is 8.94. The van der Waals surface area contributed by atoms with Crippen LogP contribution in [0.4, 0.5) is 0 Å². The third-order valence-corrected chi connectivity index (χ3v) is 4.71. The number of aromatic nitrogens is 2. The molecule has 0 saturated heterocycles. The van der Waals surface area contributed by atoms with Crippen molar-refractivity contribution in [2.45, 2.75) is 44.6 Å². The lowest BCUT2D eigenvalue weighted by molar-refractivity contribution is -0.148. The zero-order valence-electron chi connectivity index (χ0n) is 14.9. The van der Waals surface area contributed by atoms with Crippen molar-refractivity contribution in [1.29, 1.82) is 0 Å². The van der Waals surface area contributed by atoms with Crippen LogP contribution in [0.1, 0.15) is 37.9 Å². The van der Waals surface area contributed by atoms with Gasteiger partial charge in [0.1, 0.15) is 5.82 Å². The quantitative estimate of drug-likeness (QED) is 0.791. The van der Waals surface area contributed by atoms with Crippen LogP contribution in [-0.4, -0.2) is 34.1 Å². The number of nitrogens with one attached hydrogen (secondary N) is 1. The fourth-order valence-corrected chi connectivity index (χ4v) is 3.26. The van der Waals surface area contributed by atoms with Crippen LogP contribution >= 0.6 is 0 Å². The van der Waals surface area contributed by atoms with Gasteiger partial charge in [-0.1, -0.05) is 25.0 Å². The molecule has 0 radical (unpaired) electrons. The molecule has 1 aliphatic rings. The van der Waals surface area contributed by atoms with E-state index in [1.54, 1.807) is 25.2 Å². The van der Waals surface area contributed by atoms with Gasteiger partial charge in [-0.3, -0.25) is 19.0 Å². The van der Waals surface area contributed by atoms with Crippen molar-refractivity contribution in [1.82, 2.24) is 14.9 Å². The van der Waals surface area contributed by atoms with Crippen LogP contribution in [0.3, 0.4) is 0 Å². The average molecular weight is 357 g/mol. The molecule has 0 spiro atoms. The van der Waals surface area contributed by atoms with E-state index in [1.165, 1.54) is 4.57 Å². The van der Waals surface area contributed by atoms with Gasteiger partial charge in [-0.25, -0.2) is 4.98 Å². The molecule has 138 valence electrons. The summed E-state index contributed by atoms with van der Waals surface area (Å²) in [6, 6.07) is 7.31. The Morgan fingerprint density at radius 1 is 1.27 bits per heavy atom. The first-order chi connectivity index (χ1) is 12.5. The molecule has 0 unspecified atom stereocenters. The Morgan fingerprint density at radius 2 is 2.00 bits per heavy atom. The molecule has 26 heavy (non-hydrogen) atoms. The van der Waals surface area contributed by atoms with Gasteiger partial charge < -0.3 is 10.1 Å². The summed E-state index contributed by atoms with van der Waals surface area (Å²) in [5, 5.41) is 3.42. The lowest BCUT2D eigenvalue weighted by Crippen LogP contribution is -2.36. The van der Waals surface area contributed by atoms with Gasteiger partial charge in [0, 0.05) is 19.5 Å². The Hall–Kier alpha value is -2.70. The van der Waals surface area contributed by atoms with Gasteiger partial charge in [-0.2, -0.15) is 0 Å². The van der Waals surface area contributed by atoms with E-state index in [4.69, 9.17) is 4.74 Å². The number of ether oxygens (including phenoxy) is 1. The number of amides is 1.